The minimum atomic E-state index is -0.558. The van der Waals surface area contributed by atoms with Crippen molar-refractivity contribution in [1.29, 1.82) is 0 Å². The number of nitrogens with one attached hydrogen (secondary N) is 2. The molecule has 1 heterocycles. The molecule has 0 bridgehead atoms. The van der Waals surface area contributed by atoms with Crippen molar-refractivity contribution in [1.82, 2.24) is 15.3 Å². The molecule has 0 spiro atoms. The third kappa shape index (κ3) is 3.13. The van der Waals surface area contributed by atoms with E-state index in [1.165, 1.54) is 12.1 Å². The average molecular weight is 251 g/mol. The number of rotatable bonds is 5. The Bertz CT molecular complexity index is 477. The summed E-state index contributed by atoms with van der Waals surface area (Å²) in [5.41, 5.74) is 0.581. The molecule has 0 saturated heterocycles. The maximum absolute atomic E-state index is 13.0. The Morgan fingerprint density at radius 2 is 2.00 bits per heavy atom. The van der Waals surface area contributed by atoms with Crippen LogP contribution in [0.2, 0.25) is 0 Å². The molecule has 0 aliphatic rings. The molecule has 2 rings (SSSR count). The van der Waals surface area contributed by atoms with E-state index >= 15 is 0 Å². The smallest absolute Gasteiger partial charge is 0.126 e. The number of hydrogen-bond acceptors (Lipinski definition) is 2. The molecule has 0 aliphatic heterocycles. The highest BCUT2D eigenvalue weighted by Gasteiger charge is 2.11. The van der Waals surface area contributed by atoms with E-state index in [2.05, 4.69) is 15.3 Å². The first-order valence-electron chi connectivity index (χ1n) is 5.86. The van der Waals surface area contributed by atoms with Gasteiger partial charge in [0.15, 0.2) is 0 Å². The molecule has 1 atom stereocenters. The van der Waals surface area contributed by atoms with Gasteiger partial charge < -0.3 is 10.3 Å². The van der Waals surface area contributed by atoms with Crippen molar-refractivity contribution in [3.63, 3.8) is 0 Å². The molecule has 0 amide bonds. The highest BCUT2D eigenvalue weighted by atomic mass is 19.1. The van der Waals surface area contributed by atoms with Gasteiger partial charge in [-0.05, 0) is 24.1 Å². The van der Waals surface area contributed by atoms with Crippen molar-refractivity contribution in [2.24, 2.45) is 0 Å². The van der Waals surface area contributed by atoms with Gasteiger partial charge in [0.2, 0.25) is 0 Å². The van der Waals surface area contributed by atoms with Crippen molar-refractivity contribution in [2.45, 2.75) is 25.9 Å². The molecule has 0 aliphatic carbocycles. The monoisotopic (exact) mass is 251 g/mol. The predicted octanol–water partition coefficient (Wildman–Crippen LogP) is 2.93. The van der Waals surface area contributed by atoms with E-state index in [4.69, 9.17) is 0 Å². The second-order valence-corrected chi connectivity index (χ2v) is 4.09. The third-order valence-corrected chi connectivity index (χ3v) is 2.73. The lowest BCUT2D eigenvalue weighted by Crippen LogP contribution is -2.21. The Labute approximate surface area is 104 Å². The second-order valence-electron chi connectivity index (χ2n) is 4.09. The summed E-state index contributed by atoms with van der Waals surface area (Å²) in [5, 5.41) is 3.22. The van der Waals surface area contributed by atoms with Crippen LogP contribution >= 0.6 is 0 Å². The van der Waals surface area contributed by atoms with E-state index in [1.807, 2.05) is 6.92 Å². The number of H-pyrrole nitrogens is 1. The Hall–Kier alpha value is -1.75. The van der Waals surface area contributed by atoms with Crippen LogP contribution in [-0.4, -0.2) is 9.97 Å². The van der Waals surface area contributed by atoms with Gasteiger partial charge in [-0.25, -0.2) is 13.8 Å². The first-order chi connectivity index (χ1) is 8.69. The summed E-state index contributed by atoms with van der Waals surface area (Å²) in [6.45, 7) is 2.42. The maximum atomic E-state index is 13.0. The largest absolute Gasteiger partial charge is 0.347 e. The van der Waals surface area contributed by atoms with E-state index in [-0.39, 0.29) is 6.04 Å². The highest BCUT2D eigenvalue weighted by Crippen LogP contribution is 2.14. The van der Waals surface area contributed by atoms with Gasteiger partial charge in [0, 0.05) is 25.0 Å². The zero-order valence-corrected chi connectivity index (χ0v) is 10.1. The molecule has 3 nitrogen and oxygen atoms in total. The Balaban J connectivity index is 2.01. The molecule has 1 aromatic heterocycles. The lowest BCUT2D eigenvalue weighted by molar-refractivity contribution is 0.494. The number of halogens is 2. The predicted molar refractivity (Wildman–Crippen MR) is 64.8 cm³/mol. The maximum Gasteiger partial charge on any atom is 0.126 e. The van der Waals surface area contributed by atoms with Crippen LogP contribution in [0.4, 0.5) is 8.78 Å². The molecule has 0 radical (unpaired) electrons. The fourth-order valence-corrected chi connectivity index (χ4v) is 1.86. The minimum absolute atomic E-state index is 0.0475. The summed E-state index contributed by atoms with van der Waals surface area (Å²) >= 11 is 0. The van der Waals surface area contributed by atoms with Crippen LogP contribution in [-0.2, 0) is 6.54 Å². The first-order valence-corrected chi connectivity index (χ1v) is 5.86. The number of aromatic amines is 1. The quantitative estimate of drug-likeness (QED) is 0.857. The van der Waals surface area contributed by atoms with Crippen LogP contribution in [0, 0.1) is 11.6 Å². The van der Waals surface area contributed by atoms with Crippen molar-refractivity contribution >= 4 is 0 Å². The molecular weight excluding hydrogens is 236 g/mol. The molecule has 2 aromatic rings. The van der Waals surface area contributed by atoms with Gasteiger partial charge in [-0.15, -0.1) is 0 Å². The van der Waals surface area contributed by atoms with Crippen LogP contribution < -0.4 is 5.32 Å². The molecule has 2 N–H and O–H groups in total. The van der Waals surface area contributed by atoms with E-state index in [0.717, 1.165) is 18.3 Å². The number of hydrogen-bond donors (Lipinski definition) is 2. The third-order valence-electron chi connectivity index (χ3n) is 2.73. The molecule has 1 unspecified atom stereocenters. The lowest BCUT2D eigenvalue weighted by Gasteiger charge is -2.14. The zero-order valence-electron chi connectivity index (χ0n) is 10.1. The minimum Gasteiger partial charge on any atom is -0.347 e. The molecular formula is C13H15F2N3. The molecule has 96 valence electrons. The summed E-state index contributed by atoms with van der Waals surface area (Å²) in [6.07, 6.45) is 4.27. The van der Waals surface area contributed by atoms with Crippen molar-refractivity contribution in [2.75, 3.05) is 0 Å². The van der Waals surface area contributed by atoms with Gasteiger partial charge in [0.1, 0.15) is 17.5 Å². The van der Waals surface area contributed by atoms with Gasteiger partial charge in [0.05, 0.1) is 6.04 Å². The van der Waals surface area contributed by atoms with Crippen LogP contribution in [0.3, 0.4) is 0 Å². The fourth-order valence-electron chi connectivity index (χ4n) is 1.86. The molecule has 0 saturated carbocycles. The Morgan fingerprint density at radius 1 is 1.28 bits per heavy atom. The van der Waals surface area contributed by atoms with Crippen molar-refractivity contribution < 1.29 is 8.78 Å². The van der Waals surface area contributed by atoms with Crippen LogP contribution in [0.5, 0.6) is 0 Å². The highest BCUT2D eigenvalue weighted by molar-refractivity contribution is 5.18. The fraction of sp³-hybridized carbons (Fsp3) is 0.308. The number of nitrogens with zero attached hydrogens (tertiary/aromatic N) is 1. The average Bonchev–Trinajstić information content (AvgIpc) is 2.82. The normalized spacial score (nSPS) is 12.6. The van der Waals surface area contributed by atoms with Crippen molar-refractivity contribution in [3.05, 3.63) is 53.6 Å². The summed E-state index contributed by atoms with van der Waals surface area (Å²) in [5.74, 6) is -0.287. The summed E-state index contributed by atoms with van der Waals surface area (Å²) in [7, 11) is 0. The van der Waals surface area contributed by atoms with Crippen LogP contribution in [0.1, 0.15) is 30.8 Å². The topological polar surface area (TPSA) is 40.7 Å². The number of aromatic nitrogens is 2. The van der Waals surface area contributed by atoms with Crippen LogP contribution in [0.25, 0.3) is 0 Å². The van der Waals surface area contributed by atoms with Crippen molar-refractivity contribution in [3.8, 4) is 0 Å². The molecule has 5 heteroatoms. The van der Waals surface area contributed by atoms with Gasteiger partial charge >= 0.3 is 0 Å². The lowest BCUT2D eigenvalue weighted by atomic mass is 10.1. The summed E-state index contributed by atoms with van der Waals surface area (Å²) < 4.78 is 26.0. The zero-order chi connectivity index (χ0) is 13.0. The Morgan fingerprint density at radius 3 is 2.56 bits per heavy atom. The van der Waals surface area contributed by atoms with E-state index < -0.39 is 11.6 Å². The van der Waals surface area contributed by atoms with E-state index in [0.29, 0.717) is 12.1 Å². The number of imidazole rings is 1. The molecule has 18 heavy (non-hydrogen) atoms. The van der Waals surface area contributed by atoms with Crippen LogP contribution in [0.15, 0.2) is 30.6 Å². The van der Waals surface area contributed by atoms with Gasteiger partial charge in [-0.1, -0.05) is 6.92 Å². The SMILES string of the molecule is CCC(NCc1cc(F)cc(F)c1)c1ncc[nH]1. The van der Waals surface area contributed by atoms with Gasteiger partial charge in [-0.2, -0.15) is 0 Å². The standard InChI is InChI=1S/C13H15F2N3/c1-2-12(13-16-3-4-17-13)18-8-9-5-10(14)7-11(15)6-9/h3-7,12,18H,2,8H2,1H3,(H,16,17). The summed E-state index contributed by atoms with van der Waals surface area (Å²) in [4.78, 5) is 7.19. The number of benzene rings is 1. The summed E-state index contributed by atoms with van der Waals surface area (Å²) in [6, 6.07) is 3.56. The van der Waals surface area contributed by atoms with Gasteiger partial charge in [-0.3, -0.25) is 0 Å². The Kier molecular flexibility index (Phi) is 4.04. The molecule has 0 fully saturated rings. The molecule has 1 aromatic carbocycles. The second kappa shape index (κ2) is 5.73. The van der Waals surface area contributed by atoms with E-state index in [9.17, 15) is 8.78 Å². The van der Waals surface area contributed by atoms with Gasteiger partial charge in [0.25, 0.3) is 0 Å². The van der Waals surface area contributed by atoms with E-state index in [1.54, 1.807) is 12.4 Å². The first kappa shape index (κ1) is 12.7.